The fourth-order valence-corrected chi connectivity index (χ4v) is 3.48. The summed E-state index contributed by atoms with van der Waals surface area (Å²) in [7, 11) is 0. The fraction of sp³-hybridized carbons (Fsp3) is 0.500. The monoisotopic (exact) mass is 412 g/mol. The smallest absolute Gasteiger partial charge is 0.244 e. The van der Waals surface area contributed by atoms with E-state index in [9.17, 15) is 4.79 Å². The summed E-state index contributed by atoms with van der Waals surface area (Å²) in [6.07, 6.45) is 10.8. The van der Waals surface area contributed by atoms with Crippen LogP contribution in [-0.2, 0) is 11.3 Å². The standard InChI is InChI=1S/C20H28N4O.2ClH/c1-2-3-13-24-14-12-22-18(24)16-8-7-9-17(15-16)23-19(25)20(21)10-5-4-6-11-20;;/h7-9,12,14-15H,2-6,10-11,13,21H2,1H3,(H,23,25);2*1H. The van der Waals surface area contributed by atoms with Gasteiger partial charge in [0.2, 0.25) is 5.91 Å². The summed E-state index contributed by atoms with van der Waals surface area (Å²) >= 11 is 0. The number of aromatic nitrogens is 2. The van der Waals surface area contributed by atoms with Crippen LogP contribution in [0.3, 0.4) is 0 Å². The van der Waals surface area contributed by atoms with Crippen molar-refractivity contribution in [3.8, 4) is 11.4 Å². The van der Waals surface area contributed by atoms with Crippen molar-refractivity contribution in [2.24, 2.45) is 5.73 Å². The second-order valence-electron chi connectivity index (χ2n) is 7.05. The van der Waals surface area contributed by atoms with E-state index in [1.54, 1.807) is 0 Å². The van der Waals surface area contributed by atoms with E-state index in [1.165, 1.54) is 6.42 Å². The molecule has 150 valence electrons. The number of amides is 1. The minimum atomic E-state index is -0.728. The Balaban J connectivity index is 0.00000182. The number of imidazole rings is 1. The van der Waals surface area contributed by atoms with Crippen molar-refractivity contribution >= 4 is 36.4 Å². The molecule has 1 amide bonds. The van der Waals surface area contributed by atoms with Crippen molar-refractivity contribution in [3.63, 3.8) is 0 Å². The fourth-order valence-electron chi connectivity index (χ4n) is 3.48. The highest BCUT2D eigenvalue weighted by molar-refractivity contribution is 5.98. The Kier molecular flexibility index (Phi) is 9.30. The summed E-state index contributed by atoms with van der Waals surface area (Å²) in [6.45, 7) is 3.13. The summed E-state index contributed by atoms with van der Waals surface area (Å²) < 4.78 is 2.16. The summed E-state index contributed by atoms with van der Waals surface area (Å²) in [4.78, 5) is 17.1. The lowest BCUT2D eigenvalue weighted by Gasteiger charge is -2.31. The van der Waals surface area contributed by atoms with Crippen molar-refractivity contribution in [1.29, 1.82) is 0 Å². The summed E-state index contributed by atoms with van der Waals surface area (Å²) in [5.74, 6) is 0.864. The third-order valence-corrected chi connectivity index (χ3v) is 5.04. The third kappa shape index (κ3) is 5.71. The van der Waals surface area contributed by atoms with Gasteiger partial charge in [-0.25, -0.2) is 4.98 Å². The Bertz CT molecular complexity index is 726. The van der Waals surface area contributed by atoms with Crippen LogP contribution in [-0.4, -0.2) is 21.0 Å². The van der Waals surface area contributed by atoms with Crippen LogP contribution in [0.5, 0.6) is 0 Å². The van der Waals surface area contributed by atoms with Gasteiger partial charge in [-0.1, -0.05) is 44.7 Å². The average Bonchev–Trinajstić information content (AvgIpc) is 3.09. The molecule has 0 unspecified atom stereocenters. The van der Waals surface area contributed by atoms with Crippen LogP contribution in [0.25, 0.3) is 11.4 Å². The first-order valence-corrected chi connectivity index (χ1v) is 9.34. The molecule has 0 atom stereocenters. The molecular weight excluding hydrogens is 383 g/mol. The first kappa shape index (κ1) is 23.5. The van der Waals surface area contributed by atoms with E-state index in [-0.39, 0.29) is 30.7 Å². The van der Waals surface area contributed by atoms with Crippen LogP contribution >= 0.6 is 24.8 Å². The predicted octanol–water partition coefficient (Wildman–Crippen LogP) is 4.79. The van der Waals surface area contributed by atoms with Gasteiger partial charge in [0.25, 0.3) is 0 Å². The lowest BCUT2D eigenvalue weighted by molar-refractivity contribution is -0.122. The van der Waals surface area contributed by atoms with Crippen molar-refractivity contribution in [3.05, 3.63) is 36.7 Å². The van der Waals surface area contributed by atoms with Gasteiger partial charge in [0.1, 0.15) is 5.82 Å². The first-order valence-electron chi connectivity index (χ1n) is 9.34. The number of unbranched alkanes of at least 4 members (excludes halogenated alkanes) is 1. The van der Waals surface area contributed by atoms with Crippen molar-refractivity contribution < 1.29 is 4.79 Å². The molecule has 1 aliphatic rings. The molecule has 0 saturated heterocycles. The summed E-state index contributed by atoms with van der Waals surface area (Å²) in [5, 5.41) is 3.02. The number of nitrogens with zero attached hydrogens (tertiary/aromatic N) is 2. The Morgan fingerprint density at radius 3 is 2.70 bits per heavy atom. The molecular formula is C20H30Cl2N4O. The summed E-state index contributed by atoms with van der Waals surface area (Å²) in [6, 6.07) is 7.87. The van der Waals surface area contributed by atoms with Gasteiger partial charge >= 0.3 is 0 Å². The number of anilines is 1. The quantitative estimate of drug-likeness (QED) is 0.715. The number of benzene rings is 1. The highest BCUT2D eigenvalue weighted by Crippen LogP contribution is 2.28. The molecule has 27 heavy (non-hydrogen) atoms. The van der Waals surface area contributed by atoms with E-state index in [1.807, 2.05) is 36.7 Å². The highest BCUT2D eigenvalue weighted by Gasteiger charge is 2.35. The van der Waals surface area contributed by atoms with Crippen LogP contribution in [0.4, 0.5) is 5.69 Å². The van der Waals surface area contributed by atoms with E-state index in [0.717, 1.165) is 62.1 Å². The highest BCUT2D eigenvalue weighted by atomic mass is 35.5. The van der Waals surface area contributed by atoms with E-state index < -0.39 is 5.54 Å². The number of nitrogens with two attached hydrogens (primary N) is 1. The molecule has 0 spiro atoms. The molecule has 5 nitrogen and oxygen atoms in total. The Morgan fingerprint density at radius 2 is 2.00 bits per heavy atom. The molecule has 1 aliphatic carbocycles. The van der Waals surface area contributed by atoms with Crippen LogP contribution in [0.1, 0.15) is 51.9 Å². The van der Waals surface area contributed by atoms with Gasteiger partial charge in [-0.3, -0.25) is 4.79 Å². The maximum Gasteiger partial charge on any atom is 0.244 e. The van der Waals surface area contributed by atoms with Crippen LogP contribution in [0.2, 0.25) is 0 Å². The number of carbonyl (C=O) groups excluding carboxylic acids is 1. The largest absolute Gasteiger partial charge is 0.331 e. The lowest BCUT2D eigenvalue weighted by Crippen LogP contribution is -2.52. The topological polar surface area (TPSA) is 72.9 Å². The van der Waals surface area contributed by atoms with Gasteiger partial charge < -0.3 is 15.6 Å². The van der Waals surface area contributed by atoms with Gasteiger partial charge in [-0.15, -0.1) is 24.8 Å². The zero-order chi connectivity index (χ0) is 17.7. The normalized spacial score (nSPS) is 15.3. The molecule has 1 heterocycles. The molecule has 0 bridgehead atoms. The van der Waals surface area contributed by atoms with Gasteiger partial charge in [0.15, 0.2) is 0 Å². The van der Waals surface area contributed by atoms with Crippen molar-refractivity contribution in [2.45, 2.75) is 64.0 Å². The second kappa shape index (κ2) is 10.7. The molecule has 0 aliphatic heterocycles. The molecule has 1 aromatic carbocycles. The third-order valence-electron chi connectivity index (χ3n) is 5.04. The maximum atomic E-state index is 12.6. The minimum absolute atomic E-state index is 0. The van der Waals surface area contributed by atoms with Crippen LogP contribution in [0.15, 0.2) is 36.7 Å². The zero-order valence-electron chi connectivity index (χ0n) is 15.8. The number of rotatable bonds is 6. The summed E-state index contributed by atoms with van der Waals surface area (Å²) in [5.41, 5.74) is 7.39. The lowest BCUT2D eigenvalue weighted by atomic mass is 9.82. The molecule has 2 aromatic rings. The number of hydrogen-bond donors (Lipinski definition) is 2. The average molecular weight is 413 g/mol. The number of aryl methyl sites for hydroxylation is 1. The molecule has 1 fully saturated rings. The van der Waals surface area contributed by atoms with Crippen LogP contribution in [0, 0.1) is 0 Å². The number of nitrogens with one attached hydrogen (secondary N) is 1. The molecule has 3 N–H and O–H groups in total. The van der Waals surface area contributed by atoms with Crippen LogP contribution < -0.4 is 11.1 Å². The number of carbonyl (C=O) groups is 1. The molecule has 1 saturated carbocycles. The first-order chi connectivity index (χ1) is 12.1. The van der Waals surface area contributed by atoms with Crippen molar-refractivity contribution in [2.75, 3.05) is 5.32 Å². The molecule has 1 aromatic heterocycles. The molecule has 7 heteroatoms. The molecule has 3 rings (SSSR count). The Morgan fingerprint density at radius 1 is 1.26 bits per heavy atom. The van der Waals surface area contributed by atoms with E-state index in [0.29, 0.717) is 0 Å². The zero-order valence-corrected chi connectivity index (χ0v) is 17.5. The second-order valence-corrected chi connectivity index (χ2v) is 7.05. The van der Waals surface area contributed by atoms with E-state index in [4.69, 9.17) is 5.73 Å². The predicted molar refractivity (Wildman–Crippen MR) is 116 cm³/mol. The van der Waals surface area contributed by atoms with E-state index in [2.05, 4.69) is 21.8 Å². The SMILES string of the molecule is CCCCn1ccnc1-c1cccc(NC(=O)C2(N)CCCCC2)c1.Cl.Cl. The Labute approximate surface area is 173 Å². The van der Waals surface area contributed by atoms with Gasteiger partial charge in [0, 0.05) is 30.2 Å². The van der Waals surface area contributed by atoms with E-state index >= 15 is 0 Å². The van der Waals surface area contributed by atoms with Crippen molar-refractivity contribution in [1.82, 2.24) is 9.55 Å². The van der Waals surface area contributed by atoms with Gasteiger partial charge in [0.05, 0.1) is 5.54 Å². The number of hydrogen-bond acceptors (Lipinski definition) is 3. The van der Waals surface area contributed by atoms with Gasteiger partial charge in [-0.05, 0) is 31.4 Å². The number of halogens is 2. The maximum absolute atomic E-state index is 12.6. The Hall–Kier alpha value is -1.56. The minimum Gasteiger partial charge on any atom is -0.331 e. The van der Waals surface area contributed by atoms with Gasteiger partial charge in [-0.2, -0.15) is 0 Å². The molecule has 0 radical (unpaired) electrons.